The lowest BCUT2D eigenvalue weighted by molar-refractivity contribution is -0.143. The number of hydrogen-bond donors (Lipinski definition) is 4. The van der Waals surface area contributed by atoms with Crippen molar-refractivity contribution in [2.45, 2.75) is 43.7 Å². The molecule has 1 aliphatic carbocycles. The van der Waals surface area contributed by atoms with Gasteiger partial charge in [-0.2, -0.15) is 0 Å². The molecule has 1 fully saturated rings. The average Bonchev–Trinajstić information content (AvgIpc) is 3.05. The van der Waals surface area contributed by atoms with Gasteiger partial charge in [0.05, 0.1) is 23.2 Å². The first-order valence-corrected chi connectivity index (χ1v) is 9.57. The van der Waals surface area contributed by atoms with Crippen LogP contribution in [0.1, 0.15) is 32.1 Å². The molecule has 0 aliphatic heterocycles. The van der Waals surface area contributed by atoms with Gasteiger partial charge in [0.15, 0.2) is 17.5 Å². The Bertz CT molecular complexity index is 1080. The molecule has 2 atom stereocenters. The number of nitrogens with one attached hydrogen (secondary N) is 2. The summed E-state index contributed by atoms with van der Waals surface area (Å²) in [6.07, 6.45) is 5.84. The number of carboxylic acids is 1. The van der Waals surface area contributed by atoms with Gasteiger partial charge in [0.25, 0.3) is 0 Å². The number of carboxylic acid groups (broad SMARTS) is 1. The number of nitrogens with zero attached hydrogens (tertiary/aromatic N) is 3. The number of aliphatic hydroxyl groups is 1. The molecule has 1 aliphatic rings. The van der Waals surface area contributed by atoms with E-state index in [2.05, 4.69) is 25.3 Å². The van der Waals surface area contributed by atoms with Crippen molar-refractivity contribution in [3.05, 3.63) is 35.5 Å². The van der Waals surface area contributed by atoms with Crippen LogP contribution in [0.4, 0.5) is 10.2 Å². The number of anilines is 1. The summed E-state index contributed by atoms with van der Waals surface area (Å²) in [7, 11) is 0. The number of pyridine rings is 1. The second-order valence-electron chi connectivity index (χ2n) is 7.37. The molecule has 29 heavy (non-hydrogen) atoms. The number of aromatic amines is 1. The molecule has 0 bridgehead atoms. The monoisotopic (exact) mass is 419 g/mol. The molecule has 4 N–H and O–H groups in total. The maximum atomic E-state index is 14.4. The maximum absolute atomic E-state index is 14.4. The number of aliphatic carboxylic acids is 1. The molecule has 0 saturated heterocycles. The van der Waals surface area contributed by atoms with E-state index in [1.54, 1.807) is 12.3 Å². The van der Waals surface area contributed by atoms with Gasteiger partial charge in [-0.15, -0.1) is 0 Å². The largest absolute Gasteiger partial charge is 0.481 e. The Balaban J connectivity index is 1.60. The van der Waals surface area contributed by atoms with Crippen LogP contribution in [0.15, 0.2) is 24.7 Å². The van der Waals surface area contributed by atoms with E-state index in [1.807, 2.05) is 0 Å². The molecule has 3 heterocycles. The van der Waals surface area contributed by atoms with Gasteiger partial charge in [0.1, 0.15) is 5.65 Å². The summed E-state index contributed by atoms with van der Waals surface area (Å²) in [5.41, 5.74) is -0.0743. The van der Waals surface area contributed by atoms with Crippen LogP contribution in [0.2, 0.25) is 5.02 Å². The summed E-state index contributed by atoms with van der Waals surface area (Å²) >= 11 is 6.03. The molecule has 4 rings (SSSR count). The van der Waals surface area contributed by atoms with Gasteiger partial charge in [-0.05, 0) is 31.7 Å². The van der Waals surface area contributed by atoms with Crippen LogP contribution in [-0.2, 0) is 4.79 Å². The molecule has 0 radical (unpaired) electrons. The molecule has 3 aromatic heterocycles. The van der Waals surface area contributed by atoms with E-state index in [0.717, 1.165) is 6.20 Å². The molecule has 0 amide bonds. The van der Waals surface area contributed by atoms with Crippen LogP contribution >= 0.6 is 11.6 Å². The minimum Gasteiger partial charge on any atom is -0.481 e. The third-order valence-electron chi connectivity index (χ3n) is 5.12. The van der Waals surface area contributed by atoms with Gasteiger partial charge < -0.3 is 20.5 Å². The van der Waals surface area contributed by atoms with E-state index < -0.39 is 17.4 Å². The van der Waals surface area contributed by atoms with Crippen molar-refractivity contribution < 1.29 is 19.4 Å². The first kappa shape index (κ1) is 19.5. The van der Waals surface area contributed by atoms with Crippen LogP contribution in [0.25, 0.3) is 22.4 Å². The van der Waals surface area contributed by atoms with Crippen molar-refractivity contribution >= 4 is 34.4 Å². The quantitative estimate of drug-likeness (QED) is 0.499. The highest BCUT2D eigenvalue weighted by Crippen LogP contribution is 2.33. The van der Waals surface area contributed by atoms with E-state index in [0.29, 0.717) is 46.7 Å². The summed E-state index contributed by atoms with van der Waals surface area (Å²) in [5.74, 6) is -1.39. The number of halogens is 2. The van der Waals surface area contributed by atoms with Crippen LogP contribution in [0, 0.1) is 5.82 Å². The van der Waals surface area contributed by atoms with E-state index in [1.165, 1.54) is 6.20 Å². The first-order chi connectivity index (χ1) is 13.8. The summed E-state index contributed by atoms with van der Waals surface area (Å²) < 4.78 is 14.4. The smallest absolute Gasteiger partial charge is 0.306 e. The third-order valence-corrected chi connectivity index (χ3v) is 5.33. The van der Waals surface area contributed by atoms with Gasteiger partial charge in [0, 0.05) is 29.4 Å². The van der Waals surface area contributed by atoms with Crippen molar-refractivity contribution in [1.29, 1.82) is 0 Å². The molecule has 8 nitrogen and oxygen atoms in total. The van der Waals surface area contributed by atoms with E-state index in [4.69, 9.17) is 16.7 Å². The van der Waals surface area contributed by atoms with Crippen molar-refractivity contribution in [3.8, 4) is 11.4 Å². The molecule has 1 unspecified atom stereocenters. The second kappa shape index (κ2) is 7.57. The van der Waals surface area contributed by atoms with Crippen LogP contribution in [0.3, 0.4) is 0 Å². The Morgan fingerprint density at radius 1 is 1.41 bits per heavy atom. The molecule has 152 valence electrons. The number of carbonyl (C=O) groups is 1. The van der Waals surface area contributed by atoms with E-state index in [-0.39, 0.29) is 24.7 Å². The standard InChI is InChI=1S/C19H19ClFN5O3/c20-10-4-12-13(8-23-16(12)22-7-10)17-24-9-14(21)18(26-17)25-11-2-1-3-19(29,5-11)6-15(27)28/h4,7-9,11,29H,1-3,5-6H2,(H,22,23)(H,27,28)(H,24,25,26)/t11?,19-/m0/s1. The minimum absolute atomic E-state index is 0.00362. The highest BCUT2D eigenvalue weighted by molar-refractivity contribution is 6.31. The fourth-order valence-corrected chi connectivity index (χ4v) is 4.02. The normalized spacial score (nSPS) is 22.0. The van der Waals surface area contributed by atoms with Crippen LogP contribution in [0.5, 0.6) is 0 Å². The predicted octanol–water partition coefficient (Wildman–Crippen LogP) is 3.37. The zero-order valence-electron chi connectivity index (χ0n) is 15.3. The maximum Gasteiger partial charge on any atom is 0.306 e. The lowest BCUT2D eigenvalue weighted by Gasteiger charge is -2.36. The number of hydrogen-bond acceptors (Lipinski definition) is 6. The first-order valence-electron chi connectivity index (χ1n) is 9.19. The van der Waals surface area contributed by atoms with Gasteiger partial charge >= 0.3 is 5.97 Å². The fraction of sp³-hybridized carbons (Fsp3) is 0.368. The van der Waals surface area contributed by atoms with Crippen molar-refractivity contribution in [1.82, 2.24) is 19.9 Å². The van der Waals surface area contributed by atoms with Crippen LogP contribution in [-0.4, -0.2) is 47.8 Å². The molecular formula is C19H19ClFN5O3. The zero-order chi connectivity index (χ0) is 20.6. The Hall–Kier alpha value is -2.78. The Morgan fingerprint density at radius 2 is 2.24 bits per heavy atom. The minimum atomic E-state index is -1.31. The van der Waals surface area contributed by atoms with Crippen molar-refractivity contribution in [2.75, 3.05) is 5.32 Å². The molecule has 0 aromatic carbocycles. The van der Waals surface area contributed by atoms with Gasteiger partial charge in [0.2, 0.25) is 0 Å². The summed E-state index contributed by atoms with van der Waals surface area (Å²) in [6.45, 7) is 0. The number of fused-ring (bicyclic) bond motifs is 1. The van der Waals surface area contributed by atoms with Crippen LogP contribution < -0.4 is 5.32 Å². The second-order valence-corrected chi connectivity index (χ2v) is 7.81. The van der Waals surface area contributed by atoms with Gasteiger partial charge in [-0.25, -0.2) is 19.3 Å². The number of rotatable bonds is 5. The highest BCUT2D eigenvalue weighted by atomic mass is 35.5. The molecule has 0 spiro atoms. The highest BCUT2D eigenvalue weighted by Gasteiger charge is 2.36. The number of H-pyrrole nitrogens is 1. The zero-order valence-corrected chi connectivity index (χ0v) is 16.1. The Morgan fingerprint density at radius 3 is 3.03 bits per heavy atom. The molecular weight excluding hydrogens is 401 g/mol. The lowest BCUT2D eigenvalue weighted by Crippen LogP contribution is -2.42. The average molecular weight is 420 g/mol. The Labute approximate surface area is 170 Å². The Kier molecular flexibility index (Phi) is 5.10. The lowest BCUT2D eigenvalue weighted by atomic mass is 9.80. The molecule has 1 saturated carbocycles. The predicted molar refractivity (Wildman–Crippen MR) is 105 cm³/mol. The SMILES string of the molecule is O=C(O)C[C@]1(O)CCCC(Nc2nc(-c3c[nH]c4ncc(Cl)cc34)ncc2F)C1. The fourth-order valence-electron chi connectivity index (χ4n) is 3.86. The molecule has 10 heteroatoms. The number of aromatic nitrogens is 4. The van der Waals surface area contributed by atoms with Gasteiger partial charge in [-0.3, -0.25) is 4.79 Å². The topological polar surface area (TPSA) is 124 Å². The van der Waals surface area contributed by atoms with Crippen molar-refractivity contribution in [3.63, 3.8) is 0 Å². The summed E-state index contributed by atoms with van der Waals surface area (Å²) in [4.78, 5) is 26.6. The van der Waals surface area contributed by atoms with E-state index in [9.17, 15) is 14.3 Å². The molecule has 3 aromatic rings. The summed E-state index contributed by atoms with van der Waals surface area (Å²) in [5, 5.41) is 23.7. The van der Waals surface area contributed by atoms with Gasteiger partial charge in [-0.1, -0.05) is 11.6 Å². The van der Waals surface area contributed by atoms with Crippen molar-refractivity contribution in [2.24, 2.45) is 0 Å². The third kappa shape index (κ3) is 4.15. The van der Waals surface area contributed by atoms with E-state index >= 15 is 0 Å². The summed E-state index contributed by atoms with van der Waals surface area (Å²) in [6, 6.07) is 1.42.